The molecule has 1 aromatic carbocycles. The van der Waals surface area contributed by atoms with Gasteiger partial charge in [-0.3, -0.25) is 9.59 Å². The van der Waals surface area contributed by atoms with Crippen molar-refractivity contribution in [2.45, 2.75) is 76.8 Å². The Hall–Kier alpha value is -2.41. The van der Waals surface area contributed by atoms with E-state index < -0.39 is 0 Å². The van der Waals surface area contributed by atoms with Gasteiger partial charge in [-0.05, 0) is 99.8 Å². The Labute approximate surface area is 211 Å². The number of amides is 2. The van der Waals surface area contributed by atoms with E-state index in [9.17, 15) is 9.59 Å². The summed E-state index contributed by atoms with van der Waals surface area (Å²) >= 11 is 5.95. The van der Waals surface area contributed by atoms with E-state index >= 15 is 0 Å². The quantitative estimate of drug-likeness (QED) is 0.494. The Kier molecular flexibility index (Phi) is 6.07. The number of nitrogens with one attached hydrogen (secondary N) is 1. The number of aromatic nitrogens is 2. The van der Waals surface area contributed by atoms with Crippen molar-refractivity contribution in [2.75, 3.05) is 6.54 Å². The van der Waals surface area contributed by atoms with E-state index in [0.717, 1.165) is 55.4 Å². The van der Waals surface area contributed by atoms with Crippen LogP contribution >= 0.6 is 11.6 Å². The van der Waals surface area contributed by atoms with E-state index in [4.69, 9.17) is 16.0 Å². The van der Waals surface area contributed by atoms with Crippen LogP contribution in [0.3, 0.4) is 0 Å². The Morgan fingerprint density at radius 3 is 2.31 bits per heavy atom. The van der Waals surface area contributed by atoms with Gasteiger partial charge in [-0.15, -0.1) is 10.2 Å². The van der Waals surface area contributed by atoms with Crippen molar-refractivity contribution < 1.29 is 14.0 Å². The van der Waals surface area contributed by atoms with Crippen molar-refractivity contribution in [1.82, 2.24) is 20.4 Å². The second-order valence-corrected chi connectivity index (χ2v) is 11.8. The molecule has 0 radical (unpaired) electrons. The Morgan fingerprint density at radius 2 is 1.69 bits per heavy atom. The highest BCUT2D eigenvalue weighted by atomic mass is 35.5. The molecule has 0 atom stereocenters. The highest BCUT2D eigenvalue weighted by Crippen LogP contribution is 2.60. The normalized spacial score (nSPS) is 28.8. The molecule has 5 aliphatic rings. The summed E-state index contributed by atoms with van der Waals surface area (Å²) in [6.45, 7) is 0.885. The van der Waals surface area contributed by atoms with Crippen LogP contribution in [-0.2, 0) is 16.1 Å². The van der Waals surface area contributed by atoms with Crippen LogP contribution in [0.1, 0.15) is 70.1 Å². The fourth-order valence-corrected chi connectivity index (χ4v) is 7.27. The van der Waals surface area contributed by atoms with Gasteiger partial charge in [-0.25, -0.2) is 0 Å². The molecule has 5 aliphatic carbocycles. The SMILES string of the molecule is O=C(CCCNC(=O)C12CC3CC(CC(C3)C1)C2)N(Cc1nnc(-c2ccc(Cl)cc2)o1)C1CC1. The molecular formula is C27H33ClN4O3. The molecule has 0 spiro atoms. The predicted octanol–water partition coefficient (Wildman–Crippen LogP) is 4.99. The lowest BCUT2D eigenvalue weighted by atomic mass is 9.49. The van der Waals surface area contributed by atoms with Gasteiger partial charge in [0.25, 0.3) is 0 Å². The standard InChI is InChI=1S/C27H33ClN4O3/c28-21-5-3-20(4-6-21)25-31-30-23(35-25)16-32(22-7-8-22)24(33)2-1-9-29-26(34)27-13-17-10-18(14-27)12-19(11-17)15-27/h3-6,17-19,22H,1-2,7-16H2,(H,29,34). The zero-order valence-corrected chi connectivity index (χ0v) is 20.8. The van der Waals surface area contributed by atoms with E-state index in [-0.39, 0.29) is 23.3 Å². The number of hydrogen-bond donors (Lipinski definition) is 1. The molecule has 2 aromatic rings. The van der Waals surface area contributed by atoms with Crippen LogP contribution in [0.15, 0.2) is 28.7 Å². The summed E-state index contributed by atoms with van der Waals surface area (Å²) in [5.74, 6) is 3.45. The smallest absolute Gasteiger partial charge is 0.247 e. The summed E-state index contributed by atoms with van der Waals surface area (Å²) in [5.41, 5.74) is 0.672. The number of hydrogen-bond acceptors (Lipinski definition) is 5. The van der Waals surface area contributed by atoms with E-state index in [1.807, 2.05) is 17.0 Å². The molecule has 4 bridgehead atoms. The van der Waals surface area contributed by atoms with Crippen LogP contribution in [0.25, 0.3) is 11.5 Å². The van der Waals surface area contributed by atoms with Gasteiger partial charge >= 0.3 is 0 Å². The number of benzene rings is 1. The highest BCUT2D eigenvalue weighted by Gasteiger charge is 2.54. The topological polar surface area (TPSA) is 88.3 Å². The lowest BCUT2D eigenvalue weighted by Gasteiger charge is -2.55. The van der Waals surface area contributed by atoms with Crippen molar-refractivity contribution >= 4 is 23.4 Å². The second kappa shape index (κ2) is 9.23. The first-order valence-electron chi connectivity index (χ1n) is 13.1. The van der Waals surface area contributed by atoms with Crippen molar-refractivity contribution in [2.24, 2.45) is 23.2 Å². The molecule has 1 heterocycles. The highest BCUT2D eigenvalue weighted by molar-refractivity contribution is 6.30. The zero-order valence-electron chi connectivity index (χ0n) is 20.0. The molecule has 186 valence electrons. The van der Waals surface area contributed by atoms with Crippen molar-refractivity contribution in [1.29, 1.82) is 0 Å². The molecule has 5 fully saturated rings. The van der Waals surface area contributed by atoms with Crippen LogP contribution in [0.2, 0.25) is 5.02 Å². The van der Waals surface area contributed by atoms with Gasteiger partial charge in [-0.2, -0.15) is 0 Å². The number of carbonyl (C=O) groups excluding carboxylic acids is 2. The molecule has 2 amide bonds. The number of halogens is 1. The van der Waals surface area contributed by atoms with Gasteiger partial charge in [0.1, 0.15) is 0 Å². The maximum Gasteiger partial charge on any atom is 0.247 e. The van der Waals surface area contributed by atoms with Gasteiger partial charge in [0.15, 0.2) is 0 Å². The number of rotatable bonds is 9. The van der Waals surface area contributed by atoms with Crippen LogP contribution < -0.4 is 5.32 Å². The third-order valence-corrected chi connectivity index (χ3v) is 8.80. The molecule has 7 rings (SSSR count). The lowest BCUT2D eigenvalue weighted by Crippen LogP contribution is -2.53. The Morgan fingerprint density at radius 1 is 1.03 bits per heavy atom. The summed E-state index contributed by atoms with van der Waals surface area (Å²) in [4.78, 5) is 28.0. The zero-order chi connectivity index (χ0) is 24.0. The molecule has 0 saturated heterocycles. The maximum absolute atomic E-state index is 13.1. The van der Waals surface area contributed by atoms with E-state index in [0.29, 0.717) is 42.7 Å². The monoisotopic (exact) mass is 496 g/mol. The van der Waals surface area contributed by atoms with Crippen molar-refractivity contribution in [3.05, 3.63) is 35.2 Å². The van der Waals surface area contributed by atoms with Gasteiger partial charge in [-0.1, -0.05) is 11.6 Å². The average Bonchev–Trinajstić information content (AvgIpc) is 3.57. The second-order valence-electron chi connectivity index (χ2n) is 11.3. The summed E-state index contributed by atoms with van der Waals surface area (Å²) in [6, 6.07) is 7.48. The van der Waals surface area contributed by atoms with Gasteiger partial charge in [0.05, 0.1) is 6.54 Å². The van der Waals surface area contributed by atoms with Crippen LogP contribution in [0, 0.1) is 23.2 Å². The third-order valence-electron chi connectivity index (χ3n) is 8.54. The van der Waals surface area contributed by atoms with Gasteiger partial charge in [0, 0.05) is 35.0 Å². The van der Waals surface area contributed by atoms with Crippen molar-refractivity contribution in [3.8, 4) is 11.5 Å². The van der Waals surface area contributed by atoms with E-state index in [1.54, 1.807) is 12.1 Å². The first kappa shape index (κ1) is 23.0. The minimum Gasteiger partial charge on any atom is -0.419 e. The average molecular weight is 497 g/mol. The third kappa shape index (κ3) is 4.84. The minimum atomic E-state index is -0.126. The molecular weight excluding hydrogens is 464 g/mol. The molecule has 1 N–H and O–H groups in total. The maximum atomic E-state index is 13.1. The molecule has 7 nitrogen and oxygen atoms in total. The van der Waals surface area contributed by atoms with E-state index in [2.05, 4.69) is 15.5 Å². The molecule has 8 heteroatoms. The van der Waals surface area contributed by atoms with Gasteiger partial charge in [0.2, 0.25) is 23.6 Å². The molecule has 5 saturated carbocycles. The number of nitrogens with zero attached hydrogens (tertiary/aromatic N) is 3. The summed E-state index contributed by atoms with van der Waals surface area (Å²) in [6.07, 6.45) is 10.3. The van der Waals surface area contributed by atoms with Crippen LogP contribution in [0.5, 0.6) is 0 Å². The van der Waals surface area contributed by atoms with Gasteiger partial charge < -0.3 is 14.6 Å². The Balaban J connectivity index is 1.000. The summed E-state index contributed by atoms with van der Waals surface area (Å²) < 4.78 is 5.83. The fourth-order valence-electron chi connectivity index (χ4n) is 7.14. The molecule has 0 unspecified atom stereocenters. The Bertz CT molecular complexity index is 1060. The first-order chi connectivity index (χ1) is 17.0. The number of carbonyl (C=O) groups is 2. The largest absolute Gasteiger partial charge is 0.419 e. The van der Waals surface area contributed by atoms with E-state index in [1.165, 1.54) is 19.3 Å². The molecule has 0 aliphatic heterocycles. The summed E-state index contributed by atoms with van der Waals surface area (Å²) in [7, 11) is 0. The fraction of sp³-hybridized carbons (Fsp3) is 0.630. The van der Waals surface area contributed by atoms with Crippen LogP contribution in [-0.4, -0.2) is 39.5 Å². The lowest BCUT2D eigenvalue weighted by molar-refractivity contribution is -0.146. The van der Waals surface area contributed by atoms with Crippen LogP contribution in [0.4, 0.5) is 0 Å². The predicted molar refractivity (Wildman–Crippen MR) is 131 cm³/mol. The minimum absolute atomic E-state index is 0.0859. The first-order valence-corrected chi connectivity index (χ1v) is 13.5. The van der Waals surface area contributed by atoms with Crippen molar-refractivity contribution in [3.63, 3.8) is 0 Å². The molecule has 1 aromatic heterocycles. The summed E-state index contributed by atoms with van der Waals surface area (Å²) in [5, 5.41) is 12.1. The molecule has 35 heavy (non-hydrogen) atoms.